The van der Waals surface area contributed by atoms with Crippen molar-refractivity contribution in [3.05, 3.63) is 22.3 Å². The highest BCUT2D eigenvalue weighted by molar-refractivity contribution is 8.00. The van der Waals surface area contributed by atoms with Crippen LogP contribution in [0.3, 0.4) is 0 Å². The van der Waals surface area contributed by atoms with Crippen LogP contribution in [0.5, 0.6) is 0 Å². The summed E-state index contributed by atoms with van der Waals surface area (Å²) in [4.78, 5) is 72.6. The van der Waals surface area contributed by atoms with E-state index < -0.39 is 47.7 Å². The SMILES string of the molecule is COCC1=C(C(=O)OC(C)OC(=O)OC(C)C)N2C(=O)C(NC(=O)/C(=N/OC)c3csc(NC(C)=O)n3)C2SC1. The standard InChI is InChI=1S/C23H29N5O10S2/c1-10(2)36-23(33)38-12(4)37-21(32)17-13(7-34-5)8-39-20-16(19(31)28(17)20)26-18(30)15(27-35-6)14-9-40-22(25-14)24-11(3)29/h9-10,12,16,20H,7-8H2,1-6H3,(H,26,30)(H,24,25,29)/b27-15+. The van der Waals surface area contributed by atoms with Gasteiger partial charge in [-0.2, -0.15) is 0 Å². The molecule has 1 saturated heterocycles. The molecular weight excluding hydrogens is 570 g/mol. The number of ether oxygens (including phenoxy) is 4. The third-order valence-electron chi connectivity index (χ3n) is 5.14. The largest absolute Gasteiger partial charge is 0.511 e. The molecule has 0 radical (unpaired) electrons. The van der Waals surface area contributed by atoms with Crippen molar-refractivity contribution in [2.75, 3.05) is 31.9 Å². The predicted octanol–water partition coefficient (Wildman–Crippen LogP) is 1.20. The fraction of sp³-hybridized carbons (Fsp3) is 0.522. The Labute approximate surface area is 237 Å². The Balaban J connectivity index is 1.74. The molecule has 218 valence electrons. The van der Waals surface area contributed by atoms with Crippen LogP contribution >= 0.6 is 23.1 Å². The van der Waals surface area contributed by atoms with Gasteiger partial charge >= 0.3 is 12.1 Å². The van der Waals surface area contributed by atoms with Gasteiger partial charge in [0.05, 0.1) is 12.7 Å². The van der Waals surface area contributed by atoms with Crippen molar-refractivity contribution in [2.24, 2.45) is 5.16 Å². The lowest BCUT2D eigenvalue weighted by Gasteiger charge is -2.49. The molecule has 0 bridgehead atoms. The molecule has 0 aliphatic carbocycles. The van der Waals surface area contributed by atoms with Crippen LogP contribution in [0, 0.1) is 0 Å². The number of carbonyl (C=O) groups is 5. The maximum atomic E-state index is 13.2. The third kappa shape index (κ3) is 7.28. The van der Waals surface area contributed by atoms with Crippen molar-refractivity contribution in [1.29, 1.82) is 0 Å². The zero-order valence-electron chi connectivity index (χ0n) is 22.5. The number of nitrogens with zero attached hydrogens (tertiary/aromatic N) is 3. The van der Waals surface area contributed by atoms with Crippen molar-refractivity contribution >= 4 is 63.8 Å². The molecule has 2 aliphatic rings. The van der Waals surface area contributed by atoms with Crippen molar-refractivity contribution in [3.8, 4) is 0 Å². The van der Waals surface area contributed by atoms with E-state index in [2.05, 4.69) is 20.8 Å². The Morgan fingerprint density at radius 3 is 2.52 bits per heavy atom. The highest BCUT2D eigenvalue weighted by atomic mass is 32.2. The number of β-lactam (4-membered cyclic amide) rings is 1. The molecular formula is C23H29N5O10S2. The number of amides is 3. The van der Waals surface area contributed by atoms with Gasteiger partial charge in [0.15, 0.2) is 10.8 Å². The van der Waals surface area contributed by atoms with Crippen molar-refractivity contribution in [3.63, 3.8) is 0 Å². The number of rotatable bonds is 11. The predicted molar refractivity (Wildman–Crippen MR) is 142 cm³/mol. The van der Waals surface area contributed by atoms with Gasteiger partial charge in [-0.3, -0.25) is 19.3 Å². The number of aromatic nitrogens is 1. The summed E-state index contributed by atoms with van der Waals surface area (Å²) in [6.45, 7) is 5.96. The number of anilines is 1. The number of hydrogen-bond donors (Lipinski definition) is 2. The number of hydrogen-bond acceptors (Lipinski definition) is 14. The molecule has 3 heterocycles. The Kier molecular flexibility index (Phi) is 10.5. The minimum atomic E-state index is -1.30. The molecule has 0 aromatic carbocycles. The second-order valence-electron chi connectivity index (χ2n) is 8.60. The van der Waals surface area contributed by atoms with Gasteiger partial charge in [0.1, 0.15) is 29.9 Å². The number of thioether (sulfide) groups is 1. The molecule has 2 aliphatic heterocycles. The van der Waals surface area contributed by atoms with Gasteiger partial charge in [0.25, 0.3) is 11.8 Å². The summed E-state index contributed by atoms with van der Waals surface area (Å²) in [5.41, 5.74) is 0.346. The van der Waals surface area contributed by atoms with Crippen LogP contribution in [0.4, 0.5) is 9.93 Å². The second-order valence-corrected chi connectivity index (χ2v) is 10.6. The normalized spacial score (nSPS) is 19.3. The van der Waals surface area contributed by atoms with Crippen LogP contribution in [0.25, 0.3) is 0 Å². The quantitative estimate of drug-likeness (QED) is 0.122. The summed E-state index contributed by atoms with van der Waals surface area (Å²) in [6.07, 6.45) is -2.75. The third-order valence-corrected chi connectivity index (χ3v) is 7.24. The van der Waals surface area contributed by atoms with E-state index in [9.17, 15) is 24.0 Å². The number of methoxy groups -OCH3 is 1. The van der Waals surface area contributed by atoms with Gasteiger partial charge in [-0.05, 0) is 19.4 Å². The molecule has 15 nitrogen and oxygen atoms in total. The first-order valence-electron chi connectivity index (χ1n) is 11.9. The minimum Gasteiger partial charge on any atom is -0.431 e. The van der Waals surface area contributed by atoms with Gasteiger partial charge in [-0.15, -0.1) is 23.1 Å². The van der Waals surface area contributed by atoms with Gasteiger partial charge in [0.2, 0.25) is 12.2 Å². The van der Waals surface area contributed by atoms with Crippen molar-refractivity contribution in [2.45, 2.75) is 51.5 Å². The maximum Gasteiger partial charge on any atom is 0.511 e. The zero-order chi connectivity index (χ0) is 29.6. The van der Waals surface area contributed by atoms with Crippen LogP contribution in [-0.4, -0.2) is 95.8 Å². The molecule has 0 spiro atoms. The number of esters is 1. The second kappa shape index (κ2) is 13.6. The van der Waals surface area contributed by atoms with E-state index >= 15 is 0 Å². The topological polar surface area (TPSA) is 184 Å². The molecule has 3 atom stereocenters. The van der Waals surface area contributed by atoms with E-state index in [1.165, 1.54) is 50.1 Å². The van der Waals surface area contributed by atoms with E-state index in [0.717, 1.165) is 11.3 Å². The van der Waals surface area contributed by atoms with E-state index in [4.69, 9.17) is 23.8 Å². The summed E-state index contributed by atoms with van der Waals surface area (Å²) in [6, 6.07) is -1.01. The molecule has 1 aromatic heterocycles. The highest BCUT2D eigenvalue weighted by Gasteiger charge is 2.55. The molecule has 3 unspecified atom stereocenters. The van der Waals surface area contributed by atoms with E-state index in [-0.39, 0.29) is 34.7 Å². The molecule has 0 saturated carbocycles. The first kappa shape index (κ1) is 30.8. The molecule has 2 N–H and O–H groups in total. The van der Waals surface area contributed by atoms with Gasteiger partial charge in [-0.25, -0.2) is 14.6 Å². The molecule has 3 amide bonds. The number of nitrogens with one attached hydrogen (secondary N) is 2. The Bertz CT molecular complexity index is 1230. The smallest absolute Gasteiger partial charge is 0.431 e. The lowest BCUT2D eigenvalue weighted by molar-refractivity contribution is -0.169. The van der Waals surface area contributed by atoms with Gasteiger partial charge in [-0.1, -0.05) is 5.16 Å². The fourth-order valence-electron chi connectivity index (χ4n) is 3.64. The summed E-state index contributed by atoms with van der Waals surface area (Å²) >= 11 is 2.39. The number of carbonyl (C=O) groups excluding carboxylic acids is 5. The fourth-order valence-corrected chi connectivity index (χ4v) is 5.71. The lowest BCUT2D eigenvalue weighted by Crippen LogP contribution is -2.71. The van der Waals surface area contributed by atoms with Crippen LogP contribution in [0.2, 0.25) is 0 Å². The molecule has 17 heteroatoms. The summed E-state index contributed by atoms with van der Waals surface area (Å²) in [5.74, 6) is -2.27. The Morgan fingerprint density at radius 2 is 1.90 bits per heavy atom. The first-order chi connectivity index (χ1) is 19.0. The average molecular weight is 600 g/mol. The molecule has 1 fully saturated rings. The Morgan fingerprint density at radius 1 is 1.18 bits per heavy atom. The Hall–Kier alpha value is -3.70. The molecule has 3 rings (SSSR count). The average Bonchev–Trinajstić information content (AvgIpc) is 3.31. The number of oxime groups is 1. The van der Waals surface area contributed by atoms with Crippen LogP contribution in [0.1, 0.15) is 33.4 Å². The van der Waals surface area contributed by atoms with Gasteiger partial charge < -0.3 is 34.4 Å². The van der Waals surface area contributed by atoms with Crippen LogP contribution < -0.4 is 10.6 Å². The summed E-state index contributed by atoms with van der Waals surface area (Å²) in [5, 5.41) is 9.97. The number of thiazole rings is 1. The monoisotopic (exact) mass is 599 g/mol. The van der Waals surface area contributed by atoms with Crippen LogP contribution in [0.15, 0.2) is 21.8 Å². The van der Waals surface area contributed by atoms with E-state index in [1.807, 2.05) is 0 Å². The summed E-state index contributed by atoms with van der Waals surface area (Å²) in [7, 11) is 2.68. The molecule has 1 aromatic rings. The van der Waals surface area contributed by atoms with Gasteiger partial charge in [0, 0.05) is 32.1 Å². The van der Waals surface area contributed by atoms with Crippen LogP contribution in [-0.2, 0) is 43.0 Å². The first-order valence-corrected chi connectivity index (χ1v) is 13.8. The number of fused-ring (bicyclic) bond motifs is 1. The highest BCUT2D eigenvalue weighted by Crippen LogP contribution is 2.41. The zero-order valence-corrected chi connectivity index (χ0v) is 24.2. The van der Waals surface area contributed by atoms with E-state index in [1.54, 1.807) is 13.8 Å². The lowest BCUT2D eigenvalue weighted by atomic mass is 10.0. The van der Waals surface area contributed by atoms with Crippen molar-refractivity contribution in [1.82, 2.24) is 15.2 Å². The van der Waals surface area contributed by atoms with E-state index in [0.29, 0.717) is 11.3 Å². The summed E-state index contributed by atoms with van der Waals surface area (Å²) < 4.78 is 20.3. The van der Waals surface area contributed by atoms with Crippen molar-refractivity contribution < 1.29 is 47.8 Å². The molecule has 40 heavy (non-hydrogen) atoms. The minimum absolute atomic E-state index is 0.0424. The maximum absolute atomic E-state index is 13.2.